The molecule has 2 unspecified atom stereocenters. The third-order valence-corrected chi connectivity index (χ3v) is 3.05. The van der Waals surface area contributed by atoms with E-state index in [0.29, 0.717) is 12.2 Å². The van der Waals surface area contributed by atoms with E-state index in [4.69, 9.17) is 0 Å². The summed E-state index contributed by atoms with van der Waals surface area (Å²) in [5.74, 6) is 0. The Balaban J connectivity index is 1.99. The van der Waals surface area contributed by atoms with Crippen molar-refractivity contribution in [3.63, 3.8) is 0 Å². The van der Waals surface area contributed by atoms with Crippen LogP contribution in [0.5, 0.6) is 0 Å². The molecule has 0 saturated carbocycles. The molecule has 0 amide bonds. The SMILES string of the molecule is CCC1NC2=Cc3ccccc3C2N1. The van der Waals surface area contributed by atoms with Crippen LogP contribution in [0.15, 0.2) is 30.0 Å². The predicted octanol–water partition coefficient (Wildman–Crippen LogP) is 2.01. The van der Waals surface area contributed by atoms with E-state index in [2.05, 4.69) is 47.9 Å². The molecule has 1 aliphatic heterocycles. The van der Waals surface area contributed by atoms with Crippen LogP contribution in [0.3, 0.4) is 0 Å². The van der Waals surface area contributed by atoms with Gasteiger partial charge in [0.1, 0.15) is 0 Å². The second kappa shape index (κ2) is 2.85. The summed E-state index contributed by atoms with van der Waals surface area (Å²) in [6, 6.07) is 8.99. The lowest BCUT2D eigenvalue weighted by Gasteiger charge is -2.11. The number of rotatable bonds is 1. The van der Waals surface area contributed by atoms with Gasteiger partial charge in [-0.2, -0.15) is 0 Å². The van der Waals surface area contributed by atoms with Crippen molar-refractivity contribution in [1.82, 2.24) is 10.6 Å². The third kappa shape index (κ3) is 1.01. The molecule has 0 spiro atoms. The summed E-state index contributed by atoms with van der Waals surface area (Å²) >= 11 is 0. The molecule has 1 aromatic rings. The summed E-state index contributed by atoms with van der Waals surface area (Å²) in [5, 5.41) is 7.08. The summed E-state index contributed by atoms with van der Waals surface area (Å²) in [6.45, 7) is 2.19. The topological polar surface area (TPSA) is 24.1 Å². The lowest BCUT2D eigenvalue weighted by molar-refractivity contribution is 0.513. The maximum atomic E-state index is 3.58. The Kier molecular flexibility index (Phi) is 1.64. The molecule has 0 radical (unpaired) electrons. The molecule has 1 aliphatic carbocycles. The lowest BCUT2D eigenvalue weighted by atomic mass is 10.1. The van der Waals surface area contributed by atoms with Crippen LogP contribution >= 0.6 is 0 Å². The van der Waals surface area contributed by atoms with Crippen LogP contribution < -0.4 is 10.6 Å². The number of nitrogens with one attached hydrogen (secondary N) is 2. The van der Waals surface area contributed by atoms with Crippen molar-refractivity contribution in [2.75, 3.05) is 0 Å². The highest BCUT2D eigenvalue weighted by atomic mass is 15.2. The summed E-state index contributed by atoms with van der Waals surface area (Å²) in [5.41, 5.74) is 4.09. The van der Waals surface area contributed by atoms with Gasteiger partial charge in [-0.3, -0.25) is 5.32 Å². The van der Waals surface area contributed by atoms with Gasteiger partial charge in [-0.1, -0.05) is 31.2 Å². The highest BCUT2D eigenvalue weighted by Gasteiger charge is 2.32. The Morgan fingerprint density at radius 1 is 1.29 bits per heavy atom. The fourth-order valence-corrected chi connectivity index (χ4v) is 2.29. The molecule has 72 valence electrons. The van der Waals surface area contributed by atoms with E-state index in [1.165, 1.54) is 16.8 Å². The van der Waals surface area contributed by atoms with E-state index >= 15 is 0 Å². The summed E-state index contributed by atoms with van der Waals surface area (Å²) in [6.07, 6.45) is 3.82. The van der Waals surface area contributed by atoms with Crippen LogP contribution in [-0.4, -0.2) is 6.17 Å². The van der Waals surface area contributed by atoms with Crippen molar-refractivity contribution in [3.05, 3.63) is 41.1 Å². The Labute approximate surface area is 84.0 Å². The van der Waals surface area contributed by atoms with Crippen molar-refractivity contribution >= 4 is 6.08 Å². The molecule has 1 heterocycles. The summed E-state index contributed by atoms with van der Waals surface area (Å²) in [7, 11) is 0. The molecule has 2 heteroatoms. The monoisotopic (exact) mass is 186 g/mol. The average Bonchev–Trinajstić information content (AvgIpc) is 2.73. The van der Waals surface area contributed by atoms with Crippen LogP contribution in [0.4, 0.5) is 0 Å². The molecule has 1 saturated heterocycles. The largest absolute Gasteiger partial charge is 0.372 e. The molecule has 2 atom stereocenters. The predicted molar refractivity (Wildman–Crippen MR) is 57.5 cm³/mol. The van der Waals surface area contributed by atoms with Gasteiger partial charge in [-0.25, -0.2) is 0 Å². The normalized spacial score (nSPS) is 27.9. The van der Waals surface area contributed by atoms with Gasteiger partial charge in [0.05, 0.1) is 12.2 Å². The van der Waals surface area contributed by atoms with Gasteiger partial charge in [0.2, 0.25) is 0 Å². The minimum Gasteiger partial charge on any atom is -0.372 e. The zero-order valence-electron chi connectivity index (χ0n) is 8.25. The molecule has 1 aromatic carbocycles. The highest BCUT2D eigenvalue weighted by Crippen LogP contribution is 2.36. The van der Waals surface area contributed by atoms with E-state index in [1.54, 1.807) is 0 Å². The smallest absolute Gasteiger partial charge is 0.0771 e. The number of hydrogen-bond acceptors (Lipinski definition) is 2. The number of hydrogen-bond donors (Lipinski definition) is 2. The zero-order chi connectivity index (χ0) is 9.54. The van der Waals surface area contributed by atoms with Gasteiger partial charge < -0.3 is 5.32 Å². The average molecular weight is 186 g/mol. The Morgan fingerprint density at radius 2 is 2.14 bits per heavy atom. The van der Waals surface area contributed by atoms with Crippen molar-refractivity contribution in [3.8, 4) is 0 Å². The molecule has 2 nitrogen and oxygen atoms in total. The van der Waals surface area contributed by atoms with Crippen LogP contribution in [-0.2, 0) is 0 Å². The van der Waals surface area contributed by atoms with E-state index in [0.717, 1.165) is 6.42 Å². The van der Waals surface area contributed by atoms with Crippen molar-refractivity contribution in [2.24, 2.45) is 0 Å². The molecule has 2 N–H and O–H groups in total. The van der Waals surface area contributed by atoms with Gasteiger partial charge in [0.15, 0.2) is 0 Å². The molecule has 2 aliphatic rings. The zero-order valence-corrected chi connectivity index (χ0v) is 8.25. The lowest BCUT2D eigenvalue weighted by Crippen LogP contribution is -2.30. The fraction of sp³-hybridized carbons (Fsp3) is 0.333. The van der Waals surface area contributed by atoms with Gasteiger partial charge in [0, 0.05) is 5.70 Å². The fourth-order valence-electron chi connectivity index (χ4n) is 2.29. The van der Waals surface area contributed by atoms with Crippen LogP contribution in [0.25, 0.3) is 6.08 Å². The maximum absolute atomic E-state index is 3.58. The first kappa shape index (κ1) is 8.06. The maximum Gasteiger partial charge on any atom is 0.0771 e. The summed E-state index contributed by atoms with van der Waals surface area (Å²) < 4.78 is 0. The quantitative estimate of drug-likeness (QED) is 0.701. The summed E-state index contributed by atoms with van der Waals surface area (Å²) in [4.78, 5) is 0. The Hall–Kier alpha value is -1.28. The van der Waals surface area contributed by atoms with Crippen LogP contribution in [0, 0.1) is 0 Å². The highest BCUT2D eigenvalue weighted by molar-refractivity contribution is 5.66. The first-order valence-electron chi connectivity index (χ1n) is 5.21. The Morgan fingerprint density at radius 3 is 3.00 bits per heavy atom. The van der Waals surface area contributed by atoms with E-state index in [-0.39, 0.29) is 0 Å². The second-order valence-electron chi connectivity index (χ2n) is 3.93. The molecule has 3 rings (SSSR count). The van der Waals surface area contributed by atoms with Gasteiger partial charge >= 0.3 is 0 Å². The molecule has 14 heavy (non-hydrogen) atoms. The minimum absolute atomic E-state index is 0.413. The number of benzene rings is 1. The van der Waals surface area contributed by atoms with Crippen LogP contribution in [0.2, 0.25) is 0 Å². The van der Waals surface area contributed by atoms with Crippen molar-refractivity contribution in [2.45, 2.75) is 25.6 Å². The van der Waals surface area contributed by atoms with E-state index < -0.39 is 0 Å². The standard InChI is InChI=1S/C12H14N2/c1-2-11-13-10-7-8-5-3-4-6-9(8)12(10)14-11/h3-7,11-14H,2H2,1H3. The van der Waals surface area contributed by atoms with Gasteiger partial charge in [-0.05, 0) is 23.6 Å². The van der Waals surface area contributed by atoms with E-state index in [9.17, 15) is 0 Å². The second-order valence-corrected chi connectivity index (χ2v) is 3.93. The van der Waals surface area contributed by atoms with Gasteiger partial charge in [-0.15, -0.1) is 0 Å². The minimum atomic E-state index is 0.413. The molecular formula is C12H14N2. The molecular weight excluding hydrogens is 172 g/mol. The first-order chi connectivity index (χ1) is 6.88. The third-order valence-electron chi connectivity index (χ3n) is 3.05. The van der Waals surface area contributed by atoms with Crippen molar-refractivity contribution in [1.29, 1.82) is 0 Å². The van der Waals surface area contributed by atoms with E-state index in [1.807, 2.05) is 0 Å². The number of fused-ring (bicyclic) bond motifs is 3. The van der Waals surface area contributed by atoms with Crippen molar-refractivity contribution < 1.29 is 0 Å². The van der Waals surface area contributed by atoms with Crippen LogP contribution in [0.1, 0.15) is 30.5 Å². The first-order valence-corrected chi connectivity index (χ1v) is 5.21. The Bertz CT molecular complexity index is 395. The molecule has 1 fully saturated rings. The van der Waals surface area contributed by atoms with Gasteiger partial charge in [0.25, 0.3) is 0 Å². The molecule has 0 bridgehead atoms. The molecule has 0 aromatic heterocycles.